The number of nitrogens with zero attached hydrogens (tertiary/aromatic N) is 2. The maximum absolute atomic E-state index is 13.7. The van der Waals surface area contributed by atoms with E-state index in [0.717, 1.165) is 12.1 Å². The van der Waals surface area contributed by atoms with Gasteiger partial charge in [-0.05, 0) is 48.0 Å². The third-order valence-electron chi connectivity index (χ3n) is 6.32. The first-order chi connectivity index (χ1) is 19.0. The first kappa shape index (κ1) is 29.7. The van der Waals surface area contributed by atoms with Crippen molar-refractivity contribution in [2.45, 2.75) is 39.0 Å². The van der Waals surface area contributed by atoms with E-state index in [0.29, 0.717) is 33.8 Å². The Morgan fingerprint density at radius 3 is 2.50 bits per heavy atom. The number of ether oxygens (including phenoxy) is 2. The van der Waals surface area contributed by atoms with E-state index in [1.54, 1.807) is 41.2 Å². The van der Waals surface area contributed by atoms with Crippen LogP contribution in [0.4, 0.5) is 4.39 Å². The standard InChI is InChI=1S/C29H30Cl2FN3O4Si/c1-38-25-8-6-19(32)14-21(25)29(37)34-15-18-5-7-20(24(31)13-18)27(36)22-16-35(17-39-11-12-40(2,3)4)28-26(22)23(30)9-10-33-28/h5-10,13-14,16H,11-12,15,17H2,1-4H3,(H,34,37). The van der Waals surface area contributed by atoms with E-state index in [1.807, 2.05) is 0 Å². The van der Waals surface area contributed by atoms with E-state index in [2.05, 4.69) is 29.9 Å². The van der Waals surface area contributed by atoms with Crippen LogP contribution in [-0.2, 0) is 18.0 Å². The second-order valence-corrected chi connectivity index (χ2v) is 17.0. The molecule has 4 rings (SSSR count). The minimum absolute atomic E-state index is 0.0757. The van der Waals surface area contributed by atoms with E-state index in [1.165, 1.54) is 19.2 Å². The average molecular weight is 603 g/mol. The highest BCUT2D eigenvalue weighted by atomic mass is 35.5. The quantitative estimate of drug-likeness (QED) is 0.114. The third kappa shape index (κ3) is 6.90. The second-order valence-electron chi connectivity index (χ2n) is 10.5. The van der Waals surface area contributed by atoms with Gasteiger partial charge in [-0.15, -0.1) is 0 Å². The Balaban J connectivity index is 1.53. The molecule has 2 aromatic carbocycles. The fourth-order valence-electron chi connectivity index (χ4n) is 4.12. The van der Waals surface area contributed by atoms with Crippen molar-refractivity contribution >= 4 is 54.0 Å². The summed E-state index contributed by atoms with van der Waals surface area (Å²) in [5.41, 5.74) is 1.92. The van der Waals surface area contributed by atoms with Gasteiger partial charge in [0.05, 0.1) is 28.3 Å². The molecule has 0 atom stereocenters. The van der Waals surface area contributed by atoms with Crippen molar-refractivity contribution in [2.75, 3.05) is 13.7 Å². The molecule has 11 heteroatoms. The largest absolute Gasteiger partial charge is 0.496 e. The van der Waals surface area contributed by atoms with Crippen LogP contribution in [0.2, 0.25) is 35.7 Å². The fraction of sp³-hybridized carbons (Fsp3) is 0.276. The molecule has 1 amide bonds. The number of rotatable bonds is 11. The predicted octanol–water partition coefficient (Wildman–Crippen LogP) is 6.96. The lowest BCUT2D eigenvalue weighted by Crippen LogP contribution is -2.23. The number of benzene rings is 2. The van der Waals surface area contributed by atoms with Crippen LogP contribution in [0.3, 0.4) is 0 Å². The molecule has 0 saturated heterocycles. The van der Waals surface area contributed by atoms with Crippen molar-refractivity contribution in [3.05, 3.63) is 93.0 Å². The molecule has 210 valence electrons. The summed E-state index contributed by atoms with van der Waals surface area (Å²) in [5, 5.41) is 3.87. The highest BCUT2D eigenvalue weighted by molar-refractivity contribution is 6.76. The molecule has 0 aliphatic rings. The lowest BCUT2D eigenvalue weighted by atomic mass is 10.0. The van der Waals surface area contributed by atoms with Gasteiger partial charge in [-0.2, -0.15) is 0 Å². The zero-order chi connectivity index (χ0) is 29.0. The molecular formula is C29H30Cl2FN3O4Si. The molecule has 1 N–H and O–H groups in total. The van der Waals surface area contributed by atoms with Crippen LogP contribution in [0.25, 0.3) is 11.0 Å². The molecule has 0 fully saturated rings. The molecule has 0 aliphatic carbocycles. The average Bonchev–Trinajstić information content (AvgIpc) is 3.28. The molecule has 2 aromatic heterocycles. The van der Waals surface area contributed by atoms with Crippen molar-refractivity contribution < 1.29 is 23.5 Å². The molecule has 0 radical (unpaired) electrons. The Morgan fingerprint density at radius 2 is 1.80 bits per heavy atom. The smallest absolute Gasteiger partial charge is 0.255 e. The summed E-state index contributed by atoms with van der Waals surface area (Å²) in [6.07, 6.45) is 3.28. The molecule has 4 aromatic rings. The Labute approximate surface area is 243 Å². The van der Waals surface area contributed by atoms with Crippen molar-refractivity contribution in [1.29, 1.82) is 0 Å². The van der Waals surface area contributed by atoms with Crippen LogP contribution in [0.1, 0.15) is 31.8 Å². The van der Waals surface area contributed by atoms with Gasteiger partial charge in [0.15, 0.2) is 5.78 Å². The van der Waals surface area contributed by atoms with Gasteiger partial charge in [-0.25, -0.2) is 9.37 Å². The van der Waals surface area contributed by atoms with Crippen molar-refractivity contribution in [1.82, 2.24) is 14.9 Å². The van der Waals surface area contributed by atoms with E-state index >= 15 is 0 Å². The Kier molecular flexibility index (Phi) is 9.30. The SMILES string of the molecule is COc1ccc(F)cc1C(=O)NCc1ccc(C(=O)c2cn(COCC[Si](C)(C)C)c3nccc(Cl)c23)c(Cl)c1. The van der Waals surface area contributed by atoms with Crippen LogP contribution >= 0.6 is 23.2 Å². The summed E-state index contributed by atoms with van der Waals surface area (Å²) >= 11 is 13.0. The number of carbonyl (C=O) groups excluding carboxylic acids is 2. The van der Waals surface area contributed by atoms with Gasteiger partial charge >= 0.3 is 0 Å². The molecule has 7 nitrogen and oxygen atoms in total. The number of hydrogen-bond acceptors (Lipinski definition) is 5. The zero-order valence-corrected chi connectivity index (χ0v) is 25.2. The monoisotopic (exact) mass is 601 g/mol. The van der Waals surface area contributed by atoms with E-state index in [-0.39, 0.29) is 41.0 Å². The number of amides is 1. The Hall–Kier alpha value is -3.24. The number of fused-ring (bicyclic) bond motifs is 1. The number of pyridine rings is 1. The van der Waals surface area contributed by atoms with Crippen molar-refractivity contribution in [2.24, 2.45) is 0 Å². The van der Waals surface area contributed by atoms with Crippen LogP contribution in [0.15, 0.2) is 54.9 Å². The van der Waals surface area contributed by atoms with Crippen LogP contribution in [0, 0.1) is 5.82 Å². The summed E-state index contributed by atoms with van der Waals surface area (Å²) < 4.78 is 26.5. The Bertz CT molecular complexity index is 1570. The fourth-order valence-corrected chi connectivity index (χ4v) is 5.41. The summed E-state index contributed by atoms with van der Waals surface area (Å²) in [7, 11) is 0.159. The number of hydrogen-bond donors (Lipinski definition) is 1. The molecule has 0 spiro atoms. The molecule has 0 unspecified atom stereocenters. The van der Waals surface area contributed by atoms with Gasteiger partial charge in [0.25, 0.3) is 5.91 Å². The molecule has 40 heavy (non-hydrogen) atoms. The topological polar surface area (TPSA) is 82.5 Å². The van der Waals surface area contributed by atoms with Crippen LogP contribution in [0.5, 0.6) is 5.75 Å². The maximum Gasteiger partial charge on any atom is 0.255 e. The van der Waals surface area contributed by atoms with Gasteiger partial charge < -0.3 is 19.4 Å². The zero-order valence-electron chi connectivity index (χ0n) is 22.7. The van der Waals surface area contributed by atoms with Crippen LogP contribution in [-0.4, -0.2) is 43.0 Å². The first-order valence-electron chi connectivity index (χ1n) is 12.6. The first-order valence-corrected chi connectivity index (χ1v) is 17.1. The van der Waals surface area contributed by atoms with E-state index in [4.69, 9.17) is 32.7 Å². The van der Waals surface area contributed by atoms with Crippen LogP contribution < -0.4 is 10.1 Å². The minimum atomic E-state index is -1.25. The Morgan fingerprint density at radius 1 is 1.02 bits per heavy atom. The van der Waals surface area contributed by atoms with E-state index in [9.17, 15) is 14.0 Å². The summed E-state index contributed by atoms with van der Waals surface area (Å²) in [5.74, 6) is -1.11. The summed E-state index contributed by atoms with van der Waals surface area (Å²) in [6, 6.07) is 11.3. The minimum Gasteiger partial charge on any atom is -0.496 e. The molecule has 2 heterocycles. The summed E-state index contributed by atoms with van der Waals surface area (Å²) in [6.45, 7) is 7.81. The molecule has 0 bridgehead atoms. The summed E-state index contributed by atoms with van der Waals surface area (Å²) in [4.78, 5) is 30.7. The molecule has 0 saturated carbocycles. The molecular weight excluding hydrogens is 572 g/mol. The van der Waals surface area contributed by atoms with Gasteiger partial charge in [-0.3, -0.25) is 9.59 Å². The third-order valence-corrected chi connectivity index (χ3v) is 8.65. The maximum atomic E-state index is 13.7. The predicted molar refractivity (Wildman–Crippen MR) is 158 cm³/mol. The lowest BCUT2D eigenvalue weighted by Gasteiger charge is -2.15. The number of methoxy groups -OCH3 is 1. The van der Waals surface area contributed by atoms with Gasteiger partial charge in [0, 0.05) is 44.6 Å². The van der Waals surface area contributed by atoms with Crippen molar-refractivity contribution in [3.8, 4) is 5.75 Å². The number of aromatic nitrogens is 2. The van der Waals surface area contributed by atoms with Gasteiger partial charge in [0.2, 0.25) is 0 Å². The highest BCUT2D eigenvalue weighted by Crippen LogP contribution is 2.31. The van der Waals surface area contributed by atoms with Gasteiger partial charge in [0.1, 0.15) is 23.9 Å². The van der Waals surface area contributed by atoms with E-state index < -0.39 is 19.8 Å². The lowest BCUT2D eigenvalue weighted by molar-refractivity contribution is 0.0895. The highest BCUT2D eigenvalue weighted by Gasteiger charge is 2.22. The van der Waals surface area contributed by atoms with Gasteiger partial charge in [-0.1, -0.05) is 48.9 Å². The van der Waals surface area contributed by atoms with Crippen molar-refractivity contribution in [3.63, 3.8) is 0 Å². The molecule has 0 aliphatic heterocycles. The number of ketones is 1. The number of nitrogens with one attached hydrogen (secondary N) is 1. The number of halogens is 3. The number of carbonyl (C=O) groups is 2. The second kappa shape index (κ2) is 12.5. The normalized spacial score (nSPS) is 11.6.